The molecule has 2 amide bonds. The lowest BCUT2D eigenvalue weighted by Gasteiger charge is -2.27. The highest BCUT2D eigenvalue weighted by atomic mass is 35.5. The Morgan fingerprint density at radius 3 is 2.33 bits per heavy atom. The minimum Gasteiger partial charge on any atom is -0.484 e. The molecule has 0 heterocycles. The summed E-state index contributed by atoms with van der Waals surface area (Å²) in [5, 5.41) is 9.72. The molecule has 1 aliphatic rings. The molecular weight excluding hydrogens is 336 g/mol. The molecule has 2 atom stereocenters. The van der Waals surface area contributed by atoms with Crippen LogP contribution in [0.2, 0.25) is 5.02 Å². The Hall–Kier alpha value is -2.28. The lowest BCUT2D eigenvalue weighted by atomic mass is 9.79. The van der Waals surface area contributed by atoms with Crippen LogP contribution in [0, 0.1) is 11.8 Å². The number of carbonyl (C=O) groups is 3. The van der Waals surface area contributed by atoms with Gasteiger partial charge in [0.2, 0.25) is 5.91 Å². The number of carboxylic acid groups (broad SMARTS) is 1. The molecule has 1 aromatic carbocycles. The van der Waals surface area contributed by atoms with Crippen molar-refractivity contribution in [1.29, 1.82) is 0 Å². The van der Waals surface area contributed by atoms with E-state index in [0.29, 0.717) is 23.6 Å². The van der Waals surface area contributed by atoms with E-state index in [1.807, 2.05) is 0 Å². The summed E-state index contributed by atoms with van der Waals surface area (Å²) in [5.41, 5.74) is 4.52. The van der Waals surface area contributed by atoms with E-state index >= 15 is 0 Å². The van der Waals surface area contributed by atoms with E-state index in [9.17, 15) is 14.4 Å². The van der Waals surface area contributed by atoms with Gasteiger partial charge in [-0.2, -0.15) is 0 Å². The molecule has 0 aromatic heterocycles. The van der Waals surface area contributed by atoms with Gasteiger partial charge in [0.25, 0.3) is 5.91 Å². The minimum atomic E-state index is -0.979. The average Bonchev–Trinajstić information content (AvgIpc) is 2.59. The first-order valence-electron chi connectivity index (χ1n) is 7.67. The van der Waals surface area contributed by atoms with Gasteiger partial charge in [-0.05, 0) is 37.1 Å². The molecule has 0 spiro atoms. The SMILES string of the molecule is O=C(COc1ccc(Cl)cc1)NNC(=O)[C@H]1CCCC[C@@H]1C(=O)O. The van der Waals surface area contributed by atoms with Gasteiger partial charge in [-0.15, -0.1) is 0 Å². The Kier molecular flexibility index (Phi) is 6.43. The first-order valence-corrected chi connectivity index (χ1v) is 8.05. The van der Waals surface area contributed by atoms with Crippen molar-refractivity contribution in [3.8, 4) is 5.75 Å². The van der Waals surface area contributed by atoms with Crippen LogP contribution in [0.15, 0.2) is 24.3 Å². The fourth-order valence-electron chi connectivity index (χ4n) is 2.68. The van der Waals surface area contributed by atoms with Crippen molar-refractivity contribution in [1.82, 2.24) is 10.9 Å². The summed E-state index contributed by atoms with van der Waals surface area (Å²) < 4.78 is 5.24. The number of aliphatic carboxylic acids is 1. The molecule has 0 saturated heterocycles. The highest BCUT2D eigenvalue weighted by Crippen LogP contribution is 2.30. The molecule has 1 saturated carbocycles. The highest BCUT2D eigenvalue weighted by molar-refractivity contribution is 6.30. The summed E-state index contributed by atoms with van der Waals surface area (Å²) in [6.45, 7) is -0.283. The fourth-order valence-corrected chi connectivity index (χ4v) is 2.81. The van der Waals surface area contributed by atoms with Crippen LogP contribution in [0.25, 0.3) is 0 Å². The van der Waals surface area contributed by atoms with E-state index in [1.54, 1.807) is 24.3 Å². The number of ether oxygens (including phenoxy) is 1. The van der Waals surface area contributed by atoms with Gasteiger partial charge in [0.05, 0.1) is 11.8 Å². The van der Waals surface area contributed by atoms with Crippen LogP contribution in [-0.4, -0.2) is 29.5 Å². The number of rotatable bonds is 5. The Morgan fingerprint density at radius 2 is 1.71 bits per heavy atom. The van der Waals surface area contributed by atoms with E-state index in [-0.39, 0.29) is 6.61 Å². The highest BCUT2D eigenvalue weighted by Gasteiger charge is 2.35. The van der Waals surface area contributed by atoms with Crippen molar-refractivity contribution < 1.29 is 24.2 Å². The van der Waals surface area contributed by atoms with Crippen LogP contribution in [0.1, 0.15) is 25.7 Å². The van der Waals surface area contributed by atoms with Crippen LogP contribution < -0.4 is 15.6 Å². The smallest absolute Gasteiger partial charge is 0.307 e. The minimum absolute atomic E-state index is 0.283. The van der Waals surface area contributed by atoms with Gasteiger partial charge in [-0.25, -0.2) is 0 Å². The molecule has 0 bridgehead atoms. The molecule has 0 unspecified atom stereocenters. The number of hydrazine groups is 1. The number of hydrogen-bond acceptors (Lipinski definition) is 4. The summed E-state index contributed by atoms with van der Waals surface area (Å²) in [6.07, 6.45) is 2.57. The largest absolute Gasteiger partial charge is 0.484 e. The van der Waals surface area contributed by atoms with Crippen molar-refractivity contribution in [3.05, 3.63) is 29.3 Å². The number of amides is 2. The molecule has 0 aliphatic heterocycles. The summed E-state index contributed by atoms with van der Waals surface area (Å²) >= 11 is 5.74. The standard InChI is InChI=1S/C16H19ClN2O5/c17-10-5-7-11(8-6-10)24-9-14(20)18-19-15(21)12-3-1-2-4-13(12)16(22)23/h5-8,12-13H,1-4,9H2,(H,18,20)(H,19,21)(H,22,23)/t12-,13-/m0/s1. The third-order valence-electron chi connectivity index (χ3n) is 3.93. The number of hydrogen-bond donors (Lipinski definition) is 3. The maximum Gasteiger partial charge on any atom is 0.307 e. The number of benzene rings is 1. The third-order valence-corrected chi connectivity index (χ3v) is 4.18. The van der Waals surface area contributed by atoms with E-state index in [4.69, 9.17) is 21.4 Å². The summed E-state index contributed by atoms with van der Waals surface area (Å²) in [5.74, 6) is -2.87. The van der Waals surface area contributed by atoms with Gasteiger partial charge in [0.1, 0.15) is 5.75 Å². The summed E-state index contributed by atoms with van der Waals surface area (Å²) in [6, 6.07) is 6.50. The fraction of sp³-hybridized carbons (Fsp3) is 0.438. The second-order valence-electron chi connectivity index (χ2n) is 5.62. The van der Waals surface area contributed by atoms with Crippen molar-refractivity contribution in [2.75, 3.05) is 6.61 Å². The van der Waals surface area contributed by atoms with Crippen LogP contribution in [-0.2, 0) is 14.4 Å². The predicted molar refractivity (Wildman–Crippen MR) is 86.3 cm³/mol. The van der Waals surface area contributed by atoms with Gasteiger partial charge in [-0.1, -0.05) is 24.4 Å². The second-order valence-corrected chi connectivity index (χ2v) is 6.05. The molecule has 3 N–H and O–H groups in total. The number of carbonyl (C=O) groups excluding carboxylic acids is 2. The third kappa shape index (κ3) is 5.13. The van der Waals surface area contributed by atoms with Crippen molar-refractivity contribution in [3.63, 3.8) is 0 Å². The molecule has 130 valence electrons. The molecule has 24 heavy (non-hydrogen) atoms. The van der Waals surface area contributed by atoms with Crippen molar-refractivity contribution >= 4 is 29.4 Å². The zero-order valence-corrected chi connectivity index (χ0v) is 13.7. The molecule has 1 aliphatic carbocycles. The summed E-state index contributed by atoms with van der Waals surface area (Å²) in [7, 11) is 0. The van der Waals surface area contributed by atoms with Crippen LogP contribution in [0.4, 0.5) is 0 Å². The molecule has 7 nitrogen and oxygen atoms in total. The lowest BCUT2D eigenvalue weighted by molar-refractivity contribution is -0.149. The number of nitrogens with one attached hydrogen (secondary N) is 2. The molecule has 0 radical (unpaired) electrons. The number of halogens is 1. The predicted octanol–water partition coefficient (Wildman–Crippen LogP) is 1.76. The van der Waals surface area contributed by atoms with Gasteiger partial charge in [0.15, 0.2) is 6.61 Å². The van der Waals surface area contributed by atoms with Gasteiger partial charge >= 0.3 is 5.97 Å². The van der Waals surface area contributed by atoms with Crippen LogP contribution >= 0.6 is 11.6 Å². The lowest BCUT2D eigenvalue weighted by Crippen LogP contribution is -2.49. The molecular formula is C16H19ClN2O5. The average molecular weight is 355 g/mol. The first kappa shape index (κ1) is 18.1. The van der Waals surface area contributed by atoms with Crippen LogP contribution in [0.3, 0.4) is 0 Å². The van der Waals surface area contributed by atoms with Crippen LogP contribution in [0.5, 0.6) is 5.75 Å². The van der Waals surface area contributed by atoms with Crippen molar-refractivity contribution in [2.45, 2.75) is 25.7 Å². The van der Waals surface area contributed by atoms with E-state index < -0.39 is 29.6 Å². The maximum absolute atomic E-state index is 12.1. The maximum atomic E-state index is 12.1. The quantitative estimate of drug-likeness (QED) is 0.699. The first-order chi connectivity index (χ1) is 11.5. The van der Waals surface area contributed by atoms with E-state index in [1.165, 1.54) is 0 Å². The summed E-state index contributed by atoms with van der Waals surface area (Å²) in [4.78, 5) is 35.0. The topological polar surface area (TPSA) is 105 Å². The molecule has 1 fully saturated rings. The zero-order valence-electron chi connectivity index (χ0n) is 13.0. The molecule has 8 heteroatoms. The Bertz CT molecular complexity index is 605. The normalized spacial score (nSPS) is 20.0. The molecule has 2 rings (SSSR count). The van der Waals surface area contributed by atoms with Gasteiger partial charge in [-0.3, -0.25) is 25.2 Å². The van der Waals surface area contributed by atoms with Gasteiger partial charge < -0.3 is 9.84 Å². The van der Waals surface area contributed by atoms with E-state index in [0.717, 1.165) is 12.8 Å². The Morgan fingerprint density at radius 1 is 1.08 bits per heavy atom. The monoisotopic (exact) mass is 354 g/mol. The van der Waals surface area contributed by atoms with Gasteiger partial charge in [0, 0.05) is 5.02 Å². The zero-order chi connectivity index (χ0) is 17.5. The van der Waals surface area contributed by atoms with Crippen molar-refractivity contribution in [2.24, 2.45) is 11.8 Å². The Labute approximate surface area is 144 Å². The Balaban J connectivity index is 1.77. The van der Waals surface area contributed by atoms with E-state index in [2.05, 4.69) is 10.9 Å². The molecule has 1 aromatic rings. The second kappa shape index (κ2) is 8.54. The number of carboxylic acids is 1.